The van der Waals surface area contributed by atoms with Gasteiger partial charge in [0, 0.05) is 12.0 Å². The van der Waals surface area contributed by atoms with Crippen molar-refractivity contribution in [2.24, 2.45) is 0 Å². The molecule has 1 fully saturated rings. The molecule has 1 aromatic rings. The molecular formula is C12H17NO2. The molecule has 2 N–H and O–H groups in total. The molecule has 1 unspecified atom stereocenters. The first kappa shape index (κ1) is 10.5. The maximum absolute atomic E-state index is 9.53. The molecule has 1 aliphatic rings. The Morgan fingerprint density at radius 1 is 1.40 bits per heavy atom. The number of rotatable bonds is 3. The molecule has 1 saturated heterocycles. The van der Waals surface area contributed by atoms with E-state index < -0.39 is 0 Å². The molecule has 0 bridgehead atoms. The van der Waals surface area contributed by atoms with Gasteiger partial charge in [-0.05, 0) is 30.7 Å². The molecule has 0 spiro atoms. The Morgan fingerprint density at radius 3 is 2.60 bits per heavy atom. The van der Waals surface area contributed by atoms with Crippen LogP contribution in [0.1, 0.15) is 12.0 Å². The molecule has 15 heavy (non-hydrogen) atoms. The van der Waals surface area contributed by atoms with Crippen molar-refractivity contribution in [3.8, 4) is 5.75 Å². The highest BCUT2D eigenvalue weighted by atomic mass is 16.5. The lowest BCUT2D eigenvalue weighted by atomic mass is 9.80. The Morgan fingerprint density at radius 2 is 2.13 bits per heavy atom. The number of methoxy groups -OCH3 is 1. The number of aliphatic hydroxyl groups is 1. The first-order chi connectivity index (χ1) is 7.30. The van der Waals surface area contributed by atoms with Crippen LogP contribution in [0, 0.1) is 0 Å². The predicted molar refractivity (Wildman–Crippen MR) is 59.2 cm³/mol. The summed E-state index contributed by atoms with van der Waals surface area (Å²) in [6.07, 6.45) is 0.996. The van der Waals surface area contributed by atoms with Crippen LogP contribution in [-0.2, 0) is 5.41 Å². The molecule has 1 heterocycles. The Hall–Kier alpha value is -1.06. The summed E-state index contributed by atoms with van der Waals surface area (Å²) < 4.78 is 5.12. The summed E-state index contributed by atoms with van der Waals surface area (Å²) in [6, 6.07) is 7.99. The number of aliphatic hydroxyl groups excluding tert-OH is 1. The zero-order valence-electron chi connectivity index (χ0n) is 8.99. The highest BCUT2D eigenvalue weighted by molar-refractivity contribution is 5.33. The minimum absolute atomic E-state index is 0.0910. The lowest BCUT2D eigenvalue weighted by Gasteiger charge is -2.26. The van der Waals surface area contributed by atoms with E-state index in [1.807, 2.05) is 24.3 Å². The fourth-order valence-electron chi connectivity index (χ4n) is 2.16. The van der Waals surface area contributed by atoms with Crippen LogP contribution in [0.3, 0.4) is 0 Å². The summed E-state index contributed by atoms with van der Waals surface area (Å²) in [5.41, 5.74) is 1.10. The largest absolute Gasteiger partial charge is 0.497 e. The molecule has 3 nitrogen and oxygen atoms in total. The van der Waals surface area contributed by atoms with Gasteiger partial charge >= 0.3 is 0 Å². The summed E-state index contributed by atoms with van der Waals surface area (Å²) in [4.78, 5) is 0. The molecule has 0 saturated carbocycles. The smallest absolute Gasteiger partial charge is 0.118 e. The van der Waals surface area contributed by atoms with Crippen LogP contribution in [0.5, 0.6) is 5.75 Å². The average Bonchev–Trinajstić information content (AvgIpc) is 2.79. The topological polar surface area (TPSA) is 41.5 Å². The van der Waals surface area contributed by atoms with Gasteiger partial charge < -0.3 is 15.2 Å². The van der Waals surface area contributed by atoms with E-state index in [9.17, 15) is 5.11 Å². The van der Waals surface area contributed by atoms with Crippen LogP contribution in [0.4, 0.5) is 0 Å². The third-order valence-corrected chi connectivity index (χ3v) is 3.25. The molecule has 0 aromatic heterocycles. The van der Waals surface area contributed by atoms with E-state index >= 15 is 0 Å². The molecule has 0 radical (unpaired) electrons. The van der Waals surface area contributed by atoms with Crippen molar-refractivity contribution in [1.82, 2.24) is 5.32 Å². The zero-order chi connectivity index (χ0) is 10.7. The van der Waals surface area contributed by atoms with Crippen LogP contribution >= 0.6 is 0 Å². The van der Waals surface area contributed by atoms with Gasteiger partial charge in [0.15, 0.2) is 0 Å². The minimum Gasteiger partial charge on any atom is -0.497 e. The highest BCUT2D eigenvalue weighted by Gasteiger charge is 2.34. The standard InChI is InChI=1S/C12H17NO2/c1-15-11-4-2-10(3-5-11)12(9-14)6-7-13-8-12/h2-5,13-14H,6-9H2,1H3. The fraction of sp³-hybridized carbons (Fsp3) is 0.500. The monoisotopic (exact) mass is 207 g/mol. The molecule has 0 aliphatic carbocycles. The average molecular weight is 207 g/mol. The van der Waals surface area contributed by atoms with Crippen LogP contribution in [0.2, 0.25) is 0 Å². The molecule has 3 heteroatoms. The van der Waals surface area contributed by atoms with E-state index in [1.54, 1.807) is 7.11 Å². The molecule has 82 valence electrons. The van der Waals surface area contributed by atoms with Crippen LogP contribution < -0.4 is 10.1 Å². The van der Waals surface area contributed by atoms with Crippen molar-refractivity contribution in [2.75, 3.05) is 26.8 Å². The lowest BCUT2D eigenvalue weighted by Crippen LogP contribution is -2.32. The van der Waals surface area contributed by atoms with Gasteiger partial charge in [-0.15, -0.1) is 0 Å². The summed E-state index contributed by atoms with van der Waals surface area (Å²) in [6.45, 7) is 2.04. The van der Waals surface area contributed by atoms with Crippen LogP contribution in [0.15, 0.2) is 24.3 Å². The van der Waals surface area contributed by atoms with Gasteiger partial charge in [-0.3, -0.25) is 0 Å². The lowest BCUT2D eigenvalue weighted by molar-refractivity contribution is 0.205. The highest BCUT2D eigenvalue weighted by Crippen LogP contribution is 2.31. The number of hydrogen-bond acceptors (Lipinski definition) is 3. The Bertz CT molecular complexity index is 315. The molecule has 2 rings (SSSR count). The second kappa shape index (κ2) is 4.21. The van der Waals surface area contributed by atoms with Crippen molar-refractivity contribution in [2.45, 2.75) is 11.8 Å². The second-order valence-corrected chi connectivity index (χ2v) is 4.09. The first-order valence-corrected chi connectivity index (χ1v) is 5.27. The van der Waals surface area contributed by atoms with E-state index in [4.69, 9.17) is 4.74 Å². The van der Waals surface area contributed by atoms with E-state index in [0.717, 1.165) is 25.3 Å². The summed E-state index contributed by atoms with van der Waals surface area (Å²) in [5, 5.41) is 12.8. The maximum Gasteiger partial charge on any atom is 0.118 e. The first-order valence-electron chi connectivity index (χ1n) is 5.27. The van der Waals surface area contributed by atoms with E-state index in [2.05, 4.69) is 5.32 Å². The van der Waals surface area contributed by atoms with E-state index in [1.165, 1.54) is 5.56 Å². The Labute approximate surface area is 90.1 Å². The quantitative estimate of drug-likeness (QED) is 0.774. The van der Waals surface area contributed by atoms with Gasteiger partial charge in [0.25, 0.3) is 0 Å². The third kappa shape index (κ3) is 1.85. The zero-order valence-corrected chi connectivity index (χ0v) is 8.99. The second-order valence-electron chi connectivity index (χ2n) is 4.09. The SMILES string of the molecule is COc1ccc(C2(CO)CCNC2)cc1. The van der Waals surface area contributed by atoms with E-state index in [-0.39, 0.29) is 12.0 Å². The Balaban J connectivity index is 2.26. The van der Waals surface area contributed by atoms with Gasteiger partial charge in [0.2, 0.25) is 0 Å². The maximum atomic E-state index is 9.53. The van der Waals surface area contributed by atoms with Crippen molar-refractivity contribution >= 4 is 0 Å². The van der Waals surface area contributed by atoms with Gasteiger partial charge in [-0.25, -0.2) is 0 Å². The summed E-state index contributed by atoms with van der Waals surface area (Å²) >= 11 is 0. The van der Waals surface area contributed by atoms with Crippen molar-refractivity contribution in [1.29, 1.82) is 0 Å². The number of ether oxygens (including phenoxy) is 1. The fourth-order valence-corrected chi connectivity index (χ4v) is 2.16. The van der Waals surface area contributed by atoms with Gasteiger partial charge in [0.05, 0.1) is 13.7 Å². The predicted octanol–water partition coefficient (Wildman–Crippen LogP) is 0.919. The van der Waals surface area contributed by atoms with Gasteiger partial charge in [-0.1, -0.05) is 12.1 Å². The molecule has 1 aliphatic heterocycles. The third-order valence-electron chi connectivity index (χ3n) is 3.25. The minimum atomic E-state index is -0.0910. The molecular weight excluding hydrogens is 190 g/mol. The van der Waals surface area contributed by atoms with E-state index in [0.29, 0.717) is 0 Å². The molecule has 1 aromatic carbocycles. The van der Waals surface area contributed by atoms with Crippen LogP contribution in [0.25, 0.3) is 0 Å². The van der Waals surface area contributed by atoms with Gasteiger partial charge in [-0.2, -0.15) is 0 Å². The van der Waals surface area contributed by atoms with Crippen LogP contribution in [-0.4, -0.2) is 31.9 Å². The normalized spacial score (nSPS) is 25.5. The number of nitrogens with one attached hydrogen (secondary N) is 1. The molecule has 1 atom stereocenters. The molecule has 0 amide bonds. The van der Waals surface area contributed by atoms with Gasteiger partial charge in [0.1, 0.15) is 5.75 Å². The summed E-state index contributed by atoms with van der Waals surface area (Å²) in [5.74, 6) is 0.859. The van der Waals surface area contributed by atoms with Crippen molar-refractivity contribution < 1.29 is 9.84 Å². The summed E-state index contributed by atoms with van der Waals surface area (Å²) in [7, 11) is 1.66. The van der Waals surface area contributed by atoms with Crippen molar-refractivity contribution in [3.05, 3.63) is 29.8 Å². The number of benzene rings is 1. The number of hydrogen-bond donors (Lipinski definition) is 2. The Kier molecular flexibility index (Phi) is 2.93. The van der Waals surface area contributed by atoms with Crippen molar-refractivity contribution in [3.63, 3.8) is 0 Å².